The van der Waals surface area contributed by atoms with Crippen LogP contribution in [0.15, 0.2) is 72.9 Å². The molecule has 1 aliphatic rings. The first-order chi connectivity index (χ1) is 16.1. The number of allylic oxidation sites excluding steroid dienone is 1. The molecule has 0 bridgehead atoms. The van der Waals surface area contributed by atoms with E-state index >= 15 is 0 Å². The lowest BCUT2D eigenvalue weighted by molar-refractivity contribution is -0.131. The van der Waals surface area contributed by atoms with Gasteiger partial charge in [-0.2, -0.15) is 4.39 Å². The van der Waals surface area contributed by atoms with Gasteiger partial charge in [-0.3, -0.25) is 10.1 Å². The van der Waals surface area contributed by atoms with Crippen molar-refractivity contribution >= 4 is 34.1 Å². The normalized spacial score (nSPS) is 14.9. The Labute approximate surface area is 190 Å². The van der Waals surface area contributed by atoms with E-state index in [4.69, 9.17) is 5.11 Å². The number of hydrogen-bond donors (Lipinski definition) is 2. The van der Waals surface area contributed by atoms with Crippen molar-refractivity contribution in [1.29, 1.82) is 0 Å². The zero-order valence-electron chi connectivity index (χ0n) is 17.8. The van der Waals surface area contributed by atoms with E-state index in [-0.39, 0.29) is 0 Å². The van der Waals surface area contributed by atoms with Crippen LogP contribution in [0.25, 0.3) is 28.1 Å². The van der Waals surface area contributed by atoms with Crippen molar-refractivity contribution in [3.05, 3.63) is 101 Å². The molecule has 1 fully saturated rings. The number of aromatic amines is 1. The molecule has 0 aliphatic heterocycles. The van der Waals surface area contributed by atoms with Gasteiger partial charge in [0.1, 0.15) is 0 Å². The summed E-state index contributed by atoms with van der Waals surface area (Å²) in [5, 5.41) is 15.8. The molecule has 4 aromatic rings. The van der Waals surface area contributed by atoms with Gasteiger partial charge in [0, 0.05) is 17.8 Å². The maximum atomic E-state index is 14.3. The van der Waals surface area contributed by atoms with Gasteiger partial charge in [0.2, 0.25) is 5.95 Å². The molecule has 1 aliphatic carbocycles. The van der Waals surface area contributed by atoms with Gasteiger partial charge in [-0.25, -0.2) is 4.79 Å². The molecule has 2 heterocycles. The van der Waals surface area contributed by atoms with E-state index in [0.29, 0.717) is 22.5 Å². The third-order valence-electron chi connectivity index (χ3n) is 6.14. The van der Waals surface area contributed by atoms with Crippen LogP contribution in [0.2, 0.25) is 0 Å². The van der Waals surface area contributed by atoms with Gasteiger partial charge in [-0.05, 0) is 65.3 Å². The summed E-state index contributed by atoms with van der Waals surface area (Å²) in [4.78, 5) is 15.3. The number of aliphatic carboxylic acids is 1. The van der Waals surface area contributed by atoms with Crippen LogP contribution in [0.4, 0.5) is 4.39 Å². The van der Waals surface area contributed by atoms with E-state index < -0.39 is 11.9 Å². The molecular formula is C27H22FN3O2. The number of benzene rings is 2. The number of H-pyrrole nitrogens is 1. The van der Waals surface area contributed by atoms with E-state index in [1.807, 2.05) is 42.5 Å². The second kappa shape index (κ2) is 8.82. The molecule has 0 amide bonds. The summed E-state index contributed by atoms with van der Waals surface area (Å²) in [5.74, 6) is -1.14. The molecule has 33 heavy (non-hydrogen) atoms. The highest BCUT2D eigenvalue weighted by atomic mass is 19.1. The molecule has 0 radical (unpaired) electrons. The second-order valence-corrected chi connectivity index (χ2v) is 8.20. The zero-order chi connectivity index (χ0) is 22.8. The van der Waals surface area contributed by atoms with E-state index in [2.05, 4.69) is 27.3 Å². The van der Waals surface area contributed by atoms with Gasteiger partial charge in [0.25, 0.3) is 0 Å². The minimum Gasteiger partial charge on any atom is -0.478 e. The number of carboxylic acid groups (broad SMARTS) is 1. The van der Waals surface area contributed by atoms with Crippen LogP contribution in [0, 0.1) is 11.9 Å². The van der Waals surface area contributed by atoms with Crippen LogP contribution in [-0.4, -0.2) is 26.3 Å². The van der Waals surface area contributed by atoms with Crippen molar-refractivity contribution in [2.24, 2.45) is 5.92 Å². The SMILES string of the molecule is O=C(O)C=Cc1ccc(C(=C(c2ccccc2)C2CCC2)c2ccc3[nH]nc(F)c3c2)cn1. The molecule has 5 nitrogen and oxygen atoms in total. The smallest absolute Gasteiger partial charge is 0.328 e. The highest BCUT2D eigenvalue weighted by molar-refractivity contribution is 6.01. The summed E-state index contributed by atoms with van der Waals surface area (Å²) < 4.78 is 14.3. The predicted octanol–water partition coefficient (Wildman–Crippen LogP) is 5.95. The summed E-state index contributed by atoms with van der Waals surface area (Å²) in [6, 6.07) is 19.7. The van der Waals surface area contributed by atoms with Gasteiger partial charge in [-0.1, -0.05) is 48.9 Å². The average Bonchev–Trinajstić information content (AvgIpc) is 3.17. The Hall–Kier alpha value is -4.06. The van der Waals surface area contributed by atoms with Crippen molar-refractivity contribution in [2.75, 3.05) is 0 Å². The average molecular weight is 439 g/mol. The number of aromatic nitrogens is 3. The number of fused-ring (bicyclic) bond motifs is 1. The summed E-state index contributed by atoms with van der Waals surface area (Å²) in [6.07, 6.45) is 7.67. The van der Waals surface area contributed by atoms with Crippen molar-refractivity contribution in [3.63, 3.8) is 0 Å². The number of nitrogens with one attached hydrogen (secondary N) is 1. The Balaban J connectivity index is 1.73. The number of halogens is 1. The molecule has 1 saturated carbocycles. The number of nitrogens with zero attached hydrogens (tertiary/aromatic N) is 2. The van der Waals surface area contributed by atoms with Gasteiger partial charge < -0.3 is 5.11 Å². The monoisotopic (exact) mass is 439 g/mol. The summed E-state index contributed by atoms with van der Waals surface area (Å²) in [6.45, 7) is 0. The zero-order valence-corrected chi connectivity index (χ0v) is 17.8. The molecule has 6 heteroatoms. The summed E-state index contributed by atoms with van der Waals surface area (Å²) in [7, 11) is 0. The number of hydrogen-bond acceptors (Lipinski definition) is 3. The molecule has 2 N–H and O–H groups in total. The van der Waals surface area contributed by atoms with Crippen LogP contribution >= 0.6 is 0 Å². The number of carbonyl (C=O) groups is 1. The first-order valence-corrected chi connectivity index (χ1v) is 10.9. The van der Waals surface area contributed by atoms with E-state index in [1.165, 1.54) is 18.1 Å². The first kappa shape index (κ1) is 20.8. The Kier molecular flexibility index (Phi) is 5.57. The van der Waals surface area contributed by atoms with Crippen LogP contribution in [-0.2, 0) is 4.79 Å². The highest BCUT2D eigenvalue weighted by Crippen LogP contribution is 2.45. The molecule has 0 atom stereocenters. The van der Waals surface area contributed by atoms with Crippen LogP contribution in [0.1, 0.15) is 41.6 Å². The molecule has 0 spiro atoms. The Morgan fingerprint density at radius 3 is 2.48 bits per heavy atom. The van der Waals surface area contributed by atoms with E-state index in [9.17, 15) is 9.18 Å². The minimum atomic E-state index is -1.02. The standard InChI is InChI=1S/C27H22FN3O2/c28-27-22-15-19(10-13-23(22)30-31-27)26(20-9-11-21(29-16-20)12-14-24(32)33)25(18-7-4-8-18)17-5-2-1-3-6-17/h1-3,5-6,9-16,18H,4,7-8H2,(H,30,31)(H,32,33). The fraction of sp³-hybridized carbons (Fsp3) is 0.148. The fourth-order valence-corrected chi connectivity index (χ4v) is 4.32. The van der Waals surface area contributed by atoms with Crippen LogP contribution in [0.3, 0.4) is 0 Å². The maximum absolute atomic E-state index is 14.3. The Bertz CT molecular complexity index is 1370. The van der Waals surface area contributed by atoms with Crippen LogP contribution < -0.4 is 0 Å². The summed E-state index contributed by atoms with van der Waals surface area (Å²) in [5.41, 5.74) is 6.37. The largest absolute Gasteiger partial charge is 0.478 e. The van der Waals surface area contributed by atoms with Crippen molar-refractivity contribution in [1.82, 2.24) is 15.2 Å². The van der Waals surface area contributed by atoms with E-state index in [0.717, 1.165) is 41.2 Å². The summed E-state index contributed by atoms with van der Waals surface area (Å²) >= 11 is 0. The Morgan fingerprint density at radius 1 is 1.03 bits per heavy atom. The molecular weight excluding hydrogens is 417 g/mol. The molecule has 164 valence electrons. The van der Waals surface area contributed by atoms with E-state index in [1.54, 1.807) is 12.3 Å². The van der Waals surface area contributed by atoms with Gasteiger partial charge in [0.15, 0.2) is 0 Å². The molecule has 5 rings (SSSR count). The fourth-order valence-electron chi connectivity index (χ4n) is 4.32. The maximum Gasteiger partial charge on any atom is 0.328 e. The number of rotatable bonds is 6. The van der Waals surface area contributed by atoms with Crippen LogP contribution in [0.5, 0.6) is 0 Å². The van der Waals surface area contributed by atoms with Crippen molar-refractivity contribution in [3.8, 4) is 0 Å². The molecule has 0 unspecified atom stereocenters. The second-order valence-electron chi connectivity index (χ2n) is 8.20. The van der Waals surface area contributed by atoms with Gasteiger partial charge in [-0.15, -0.1) is 5.10 Å². The van der Waals surface area contributed by atoms with Crippen molar-refractivity contribution < 1.29 is 14.3 Å². The first-order valence-electron chi connectivity index (χ1n) is 10.9. The topological polar surface area (TPSA) is 78.9 Å². The van der Waals surface area contributed by atoms with Crippen molar-refractivity contribution in [2.45, 2.75) is 19.3 Å². The third kappa shape index (κ3) is 4.20. The number of carboxylic acids is 1. The van der Waals surface area contributed by atoms with Gasteiger partial charge in [0.05, 0.1) is 16.6 Å². The number of pyridine rings is 1. The molecule has 2 aromatic carbocycles. The molecule has 0 saturated heterocycles. The third-order valence-corrected chi connectivity index (χ3v) is 6.14. The molecule has 2 aromatic heterocycles. The highest BCUT2D eigenvalue weighted by Gasteiger charge is 2.27. The lowest BCUT2D eigenvalue weighted by Gasteiger charge is -2.31. The lowest BCUT2D eigenvalue weighted by Crippen LogP contribution is -2.15. The quantitative estimate of drug-likeness (QED) is 0.287. The Morgan fingerprint density at radius 2 is 1.82 bits per heavy atom. The predicted molar refractivity (Wildman–Crippen MR) is 127 cm³/mol. The lowest BCUT2D eigenvalue weighted by atomic mass is 9.73. The minimum absolute atomic E-state index is 0.402. The van der Waals surface area contributed by atoms with Gasteiger partial charge >= 0.3 is 5.97 Å².